The topological polar surface area (TPSA) is 57.2 Å². The molecule has 2 aliphatic heterocycles. The normalized spacial score (nSPS) is 29.6. The van der Waals surface area contributed by atoms with Gasteiger partial charge in [0.1, 0.15) is 12.2 Å². The summed E-state index contributed by atoms with van der Waals surface area (Å²) >= 11 is 0. The van der Waals surface area contributed by atoms with Crippen molar-refractivity contribution in [2.45, 2.75) is 69.5 Å². The average Bonchev–Trinajstić information content (AvgIpc) is 3.17. The Bertz CT molecular complexity index is 900. The zero-order valence-electron chi connectivity index (χ0n) is 19.6. The molecule has 0 saturated carbocycles. The first kappa shape index (κ1) is 23.4. The molecular formula is C26H34O5Si. The minimum atomic E-state index is -2.82. The highest BCUT2D eigenvalue weighted by atomic mass is 28.4. The van der Waals surface area contributed by atoms with Crippen molar-refractivity contribution in [1.29, 1.82) is 0 Å². The molecule has 2 aromatic carbocycles. The number of hydrogen-bond donors (Lipinski definition) is 1. The van der Waals surface area contributed by atoms with E-state index in [1.807, 2.05) is 26.0 Å². The molecule has 5 nitrogen and oxygen atoms in total. The monoisotopic (exact) mass is 454 g/mol. The molecule has 2 aliphatic rings. The van der Waals surface area contributed by atoms with Gasteiger partial charge in [-0.05, 0) is 29.3 Å². The number of aliphatic hydroxyl groups excluding tert-OH is 1. The van der Waals surface area contributed by atoms with Gasteiger partial charge in [0.25, 0.3) is 8.32 Å². The Kier molecular flexibility index (Phi) is 5.99. The molecule has 0 unspecified atom stereocenters. The van der Waals surface area contributed by atoms with Crippen LogP contribution in [0.3, 0.4) is 0 Å². The molecule has 4 atom stereocenters. The minimum Gasteiger partial charge on any atom is -0.404 e. The number of ether oxygens (including phenoxy) is 3. The van der Waals surface area contributed by atoms with Crippen LogP contribution in [0.4, 0.5) is 0 Å². The van der Waals surface area contributed by atoms with Crippen LogP contribution in [-0.2, 0) is 18.6 Å². The predicted octanol–water partition coefficient (Wildman–Crippen LogP) is 3.36. The van der Waals surface area contributed by atoms with Gasteiger partial charge in [-0.15, -0.1) is 6.58 Å². The molecular weight excluding hydrogens is 420 g/mol. The number of hydrogen-bond acceptors (Lipinski definition) is 5. The smallest absolute Gasteiger partial charge is 0.261 e. The van der Waals surface area contributed by atoms with E-state index in [4.69, 9.17) is 18.6 Å². The maximum Gasteiger partial charge on any atom is 0.261 e. The van der Waals surface area contributed by atoms with E-state index in [1.165, 1.54) is 10.4 Å². The Morgan fingerprint density at radius 1 is 1.03 bits per heavy atom. The number of benzene rings is 2. The van der Waals surface area contributed by atoms with Gasteiger partial charge in [-0.1, -0.05) is 87.5 Å². The van der Waals surface area contributed by atoms with E-state index in [0.29, 0.717) is 0 Å². The van der Waals surface area contributed by atoms with Gasteiger partial charge in [0.05, 0.1) is 6.61 Å². The fourth-order valence-corrected chi connectivity index (χ4v) is 9.76. The molecule has 0 aromatic heterocycles. The summed E-state index contributed by atoms with van der Waals surface area (Å²) in [4.78, 5) is 0. The molecule has 2 heterocycles. The third-order valence-electron chi connectivity index (χ3n) is 6.49. The Hall–Kier alpha value is -1.80. The Balaban J connectivity index is 1.81. The summed E-state index contributed by atoms with van der Waals surface area (Å²) in [5, 5.41) is 13.1. The van der Waals surface area contributed by atoms with Crippen LogP contribution < -0.4 is 10.4 Å². The summed E-state index contributed by atoms with van der Waals surface area (Å²) in [5.74, 6) is -0.870. The second-order valence-corrected chi connectivity index (χ2v) is 14.4. The molecule has 32 heavy (non-hydrogen) atoms. The molecule has 2 aromatic rings. The van der Waals surface area contributed by atoms with Crippen molar-refractivity contribution >= 4 is 18.7 Å². The molecule has 0 aliphatic carbocycles. The SMILES string of the molecule is C=C[C@H]1O[C@H](O)[C@@]2(CO[Si](c3ccccc3)(c3ccccc3)C(C)(C)C)OC(C)(C)O[C@@H]12. The zero-order valence-corrected chi connectivity index (χ0v) is 20.6. The number of rotatable bonds is 6. The van der Waals surface area contributed by atoms with Crippen molar-refractivity contribution in [3.05, 3.63) is 73.3 Å². The van der Waals surface area contributed by atoms with Gasteiger partial charge in [0.2, 0.25) is 0 Å². The van der Waals surface area contributed by atoms with E-state index in [0.717, 1.165) is 0 Å². The van der Waals surface area contributed by atoms with Gasteiger partial charge in [-0.3, -0.25) is 0 Å². The van der Waals surface area contributed by atoms with Crippen LogP contribution in [-0.4, -0.2) is 49.9 Å². The summed E-state index contributed by atoms with van der Waals surface area (Å²) in [6.07, 6.45) is -0.517. The van der Waals surface area contributed by atoms with E-state index in [-0.39, 0.29) is 11.6 Å². The predicted molar refractivity (Wildman–Crippen MR) is 127 cm³/mol. The largest absolute Gasteiger partial charge is 0.404 e. The lowest BCUT2D eigenvalue weighted by molar-refractivity contribution is -0.247. The van der Waals surface area contributed by atoms with Crippen LogP contribution in [0, 0.1) is 0 Å². The number of fused-ring (bicyclic) bond motifs is 1. The molecule has 0 spiro atoms. The maximum absolute atomic E-state index is 11.0. The molecule has 4 rings (SSSR count). The van der Waals surface area contributed by atoms with Crippen LogP contribution in [0.5, 0.6) is 0 Å². The molecule has 2 fully saturated rings. The van der Waals surface area contributed by atoms with E-state index in [1.54, 1.807) is 6.08 Å². The fraction of sp³-hybridized carbons (Fsp3) is 0.462. The third kappa shape index (κ3) is 3.69. The standard InChI is InChI=1S/C26H34O5Si/c1-7-21-22-26(23(27)29-21,31-25(5,6)30-22)18-28-32(24(2,3)4,19-14-10-8-11-15-19)20-16-12-9-13-17-20/h7-17,21-23,27H,1,18H2,2-6H3/t21-,22+,23+,26+/m1/s1. The van der Waals surface area contributed by atoms with Gasteiger partial charge in [-0.2, -0.15) is 0 Å². The van der Waals surface area contributed by atoms with Crippen LogP contribution in [0.15, 0.2) is 73.3 Å². The lowest BCUT2D eigenvalue weighted by Crippen LogP contribution is -2.68. The zero-order chi connectivity index (χ0) is 23.2. The average molecular weight is 455 g/mol. The summed E-state index contributed by atoms with van der Waals surface area (Å²) in [7, 11) is -2.82. The Labute approximate surface area is 192 Å². The minimum absolute atomic E-state index is 0.139. The van der Waals surface area contributed by atoms with Crippen LogP contribution >= 0.6 is 0 Å². The van der Waals surface area contributed by atoms with Crippen molar-refractivity contribution < 1.29 is 23.7 Å². The van der Waals surface area contributed by atoms with Crippen LogP contribution in [0.2, 0.25) is 5.04 Å². The molecule has 0 amide bonds. The van der Waals surface area contributed by atoms with Gasteiger partial charge in [0, 0.05) is 0 Å². The van der Waals surface area contributed by atoms with E-state index < -0.39 is 38.2 Å². The lowest BCUT2D eigenvalue weighted by Gasteiger charge is -2.45. The van der Waals surface area contributed by atoms with Gasteiger partial charge in [-0.25, -0.2) is 0 Å². The first-order valence-corrected chi connectivity index (χ1v) is 13.1. The molecule has 172 valence electrons. The maximum atomic E-state index is 11.0. The van der Waals surface area contributed by atoms with Crippen molar-refractivity contribution in [3.8, 4) is 0 Å². The molecule has 2 saturated heterocycles. The highest BCUT2D eigenvalue weighted by Gasteiger charge is 2.66. The van der Waals surface area contributed by atoms with Gasteiger partial charge >= 0.3 is 0 Å². The summed E-state index contributed by atoms with van der Waals surface area (Å²) in [6.45, 7) is 14.4. The van der Waals surface area contributed by atoms with E-state index in [9.17, 15) is 5.11 Å². The van der Waals surface area contributed by atoms with Crippen LogP contribution in [0.25, 0.3) is 0 Å². The highest BCUT2D eigenvalue weighted by molar-refractivity contribution is 6.99. The molecule has 1 N–H and O–H groups in total. The Morgan fingerprint density at radius 3 is 2.03 bits per heavy atom. The van der Waals surface area contributed by atoms with Crippen molar-refractivity contribution in [1.82, 2.24) is 0 Å². The second-order valence-electron chi connectivity index (χ2n) is 10.1. The molecule has 0 radical (unpaired) electrons. The highest BCUT2D eigenvalue weighted by Crippen LogP contribution is 2.48. The van der Waals surface area contributed by atoms with Crippen molar-refractivity contribution in [2.24, 2.45) is 0 Å². The fourth-order valence-electron chi connectivity index (χ4n) is 5.16. The summed E-state index contributed by atoms with van der Waals surface area (Å²) in [6, 6.07) is 20.8. The van der Waals surface area contributed by atoms with E-state index >= 15 is 0 Å². The Morgan fingerprint density at radius 2 is 1.56 bits per heavy atom. The quantitative estimate of drug-likeness (QED) is 0.536. The summed E-state index contributed by atoms with van der Waals surface area (Å²) < 4.78 is 25.3. The number of aliphatic hydroxyl groups is 1. The van der Waals surface area contributed by atoms with Gasteiger partial charge in [0.15, 0.2) is 17.7 Å². The van der Waals surface area contributed by atoms with Crippen molar-refractivity contribution in [2.75, 3.05) is 6.61 Å². The lowest BCUT2D eigenvalue weighted by atomic mass is 9.96. The van der Waals surface area contributed by atoms with Gasteiger partial charge < -0.3 is 23.7 Å². The molecule has 6 heteroatoms. The molecule has 0 bridgehead atoms. The second kappa shape index (κ2) is 8.20. The summed E-state index contributed by atoms with van der Waals surface area (Å²) in [5.41, 5.74) is -1.14. The van der Waals surface area contributed by atoms with E-state index in [2.05, 4.69) is 75.9 Å². The first-order valence-electron chi connectivity index (χ1n) is 11.1. The first-order chi connectivity index (χ1) is 15.1. The van der Waals surface area contributed by atoms with Crippen LogP contribution in [0.1, 0.15) is 34.6 Å². The van der Waals surface area contributed by atoms with Crippen molar-refractivity contribution in [3.63, 3.8) is 0 Å². The third-order valence-corrected chi connectivity index (χ3v) is 11.5.